The highest BCUT2D eigenvalue weighted by Crippen LogP contribution is 2.34. The second kappa shape index (κ2) is 9.16. The van der Waals surface area contributed by atoms with E-state index in [1.165, 1.54) is 11.3 Å². The Balaban J connectivity index is 1.60. The van der Waals surface area contributed by atoms with Gasteiger partial charge in [-0.15, -0.1) is 11.3 Å². The maximum atomic E-state index is 12.4. The molecule has 1 N–H and O–H groups in total. The van der Waals surface area contributed by atoms with Gasteiger partial charge >= 0.3 is 5.97 Å². The van der Waals surface area contributed by atoms with E-state index < -0.39 is 0 Å². The van der Waals surface area contributed by atoms with Crippen molar-refractivity contribution in [2.24, 2.45) is 5.92 Å². The Morgan fingerprint density at radius 2 is 2.07 bits per heavy atom. The SMILES string of the molecule is CCOC(=O)C1CCc2nc(NC(=O)COc3ccc(C)cc3C(C)(C)C)sc2C1. The molecule has 7 heteroatoms. The van der Waals surface area contributed by atoms with Crippen LogP contribution < -0.4 is 10.1 Å². The average molecular weight is 431 g/mol. The van der Waals surface area contributed by atoms with E-state index >= 15 is 0 Å². The van der Waals surface area contributed by atoms with Gasteiger partial charge in [0.2, 0.25) is 0 Å². The lowest BCUT2D eigenvalue weighted by atomic mass is 9.85. The van der Waals surface area contributed by atoms with Crippen LogP contribution in [0.3, 0.4) is 0 Å². The normalized spacial score (nSPS) is 16.0. The minimum atomic E-state index is -0.247. The molecule has 1 aromatic heterocycles. The molecule has 1 atom stereocenters. The molecule has 0 fully saturated rings. The number of amides is 1. The Hall–Kier alpha value is -2.41. The van der Waals surface area contributed by atoms with E-state index in [9.17, 15) is 9.59 Å². The summed E-state index contributed by atoms with van der Waals surface area (Å²) in [5.41, 5.74) is 3.11. The molecular formula is C23H30N2O4S. The van der Waals surface area contributed by atoms with E-state index in [2.05, 4.69) is 37.1 Å². The molecule has 1 aliphatic rings. The first-order chi connectivity index (χ1) is 14.2. The Bertz CT molecular complexity index is 930. The molecule has 3 rings (SSSR count). The van der Waals surface area contributed by atoms with Crippen LogP contribution in [0.4, 0.5) is 5.13 Å². The summed E-state index contributed by atoms with van der Waals surface area (Å²) < 4.78 is 11.0. The Labute approximate surface area is 182 Å². The molecule has 6 nitrogen and oxygen atoms in total. The molecule has 0 saturated carbocycles. The summed E-state index contributed by atoms with van der Waals surface area (Å²) in [5.74, 6) is 0.202. The zero-order chi connectivity index (χ0) is 21.9. The fraction of sp³-hybridized carbons (Fsp3) is 0.522. The molecule has 1 heterocycles. The van der Waals surface area contributed by atoms with E-state index in [0.29, 0.717) is 18.2 Å². The first-order valence-corrected chi connectivity index (χ1v) is 11.2. The molecule has 0 aliphatic heterocycles. The van der Waals surface area contributed by atoms with Gasteiger partial charge in [0.25, 0.3) is 5.91 Å². The Morgan fingerprint density at radius 3 is 2.77 bits per heavy atom. The summed E-state index contributed by atoms with van der Waals surface area (Å²) in [5, 5.41) is 3.39. The van der Waals surface area contributed by atoms with Crippen LogP contribution in [0.5, 0.6) is 5.75 Å². The van der Waals surface area contributed by atoms with Crippen LogP contribution in [-0.4, -0.2) is 30.1 Å². The number of aromatic nitrogens is 1. The molecule has 162 valence electrons. The summed E-state index contributed by atoms with van der Waals surface area (Å²) in [6.07, 6.45) is 2.07. The van der Waals surface area contributed by atoms with Crippen molar-refractivity contribution in [2.45, 2.75) is 59.3 Å². The first kappa shape index (κ1) is 22.3. The van der Waals surface area contributed by atoms with Crippen molar-refractivity contribution in [3.63, 3.8) is 0 Å². The van der Waals surface area contributed by atoms with Gasteiger partial charge in [-0.25, -0.2) is 4.98 Å². The molecule has 1 aliphatic carbocycles. The van der Waals surface area contributed by atoms with Gasteiger partial charge in [-0.05, 0) is 50.2 Å². The number of aryl methyl sites for hydroxylation is 2. The van der Waals surface area contributed by atoms with E-state index in [0.717, 1.165) is 40.3 Å². The van der Waals surface area contributed by atoms with E-state index in [1.807, 2.05) is 26.0 Å². The molecule has 0 saturated heterocycles. The number of carbonyl (C=O) groups is 2. The number of ether oxygens (including phenoxy) is 2. The summed E-state index contributed by atoms with van der Waals surface area (Å²) in [7, 11) is 0. The highest BCUT2D eigenvalue weighted by molar-refractivity contribution is 7.15. The number of hydrogen-bond acceptors (Lipinski definition) is 6. The molecule has 2 aromatic rings. The number of carbonyl (C=O) groups excluding carboxylic acids is 2. The largest absolute Gasteiger partial charge is 0.483 e. The lowest BCUT2D eigenvalue weighted by Crippen LogP contribution is -2.24. The van der Waals surface area contributed by atoms with Gasteiger partial charge in [0, 0.05) is 4.88 Å². The van der Waals surface area contributed by atoms with Crippen LogP contribution in [0, 0.1) is 12.8 Å². The highest BCUT2D eigenvalue weighted by atomic mass is 32.1. The van der Waals surface area contributed by atoms with Gasteiger partial charge in [-0.3, -0.25) is 14.9 Å². The summed E-state index contributed by atoms with van der Waals surface area (Å²) in [4.78, 5) is 30.0. The van der Waals surface area contributed by atoms with Crippen molar-refractivity contribution in [3.8, 4) is 5.75 Å². The number of nitrogens with zero attached hydrogens (tertiary/aromatic N) is 1. The van der Waals surface area contributed by atoms with Crippen molar-refractivity contribution in [3.05, 3.63) is 39.9 Å². The molecule has 0 radical (unpaired) electrons. The Morgan fingerprint density at radius 1 is 1.30 bits per heavy atom. The van der Waals surface area contributed by atoms with Gasteiger partial charge in [0.15, 0.2) is 11.7 Å². The molecule has 1 amide bonds. The van der Waals surface area contributed by atoms with Gasteiger partial charge in [-0.2, -0.15) is 0 Å². The quantitative estimate of drug-likeness (QED) is 0.686. The minimum Gasteiger partial charge on any atom is -0.483 e. The zero-order valence-corrected chi connectivity index (χ0v) is 19.1. The molecule has 1 unspecified atom stereocenters. The second-order valence-corrected chi connectivity index (χ2v) is 9.75. The van der Waals surface area contributed by atoms with Crippen LogP contribution in [0.2, 0.25) is 0 Å². The number of anilines is 1. The summed E-state index contributed by atoms with van der Waals surface area (Å²) in [6, 6.07) is 6.00. The monoisotopic (exact) mass is 430 g/mol. The standard InChI is InChI=1S/C23H30N2O4S/c1-6-28-21(27)15-8-9-17-19(12-15)30-22(24-17)25-20(26)13-29-18-10-7-14(2)11-16(18)23(3,4)5/h7,10-11,15H,6,8-9,12-13H2,1-5H3,(H,24,25,26). The summed E-state index contributed by atoms with van der Waals surface area (Å²) >= 11 is 1.43. The number of thiazole rings is 1. The fourth-order valence-electron chi connectivity index (χ4n) is 3.54. The third kappa shape index (κ3) is 5.39. The van der Waals surface area contributed by atoms with Crippen LogP contribution in [-0.2, 0) is 32.6 Å². The molecule has 0 spiro atoms. The van der Waals surface area contributed by atoms with Crippen LogP contribution >= 0.6 is 11.3 Å². The first-order valence-electron chi connectivity index (χ1n) is 10.4. The van der Waals surface area contributed by atoms with Crippen molar-refractivity contribution in [1.82, 2.24) is 4.98 Å². The number of benzene rings is 1. The highest BCUT2D eigenvalue weighted by Gasteiger charge is 2.28. The van der Waals surface area contributed by atoms with Crippen LogP contribution in [0.15, 0.2) is 18.2 Å². The lowest BCUT2D eigenvalue weighted by Gasteiger charge is -2.23. The van der Waals surface area contributed by atoms with Crippen LogP contribution in [0.1, 0.15) is 55.8 Å². The summed E-state index contributed by atoms with van der Waals surface area (Å²) in [6.45, 7) is 10.5. The fourth-order valence-corrected chi connectivity index (χ4v) is 4.65. The predicted octanol–water partition coefficient (Wildman–Crippen LogP) is 4.43. The topological polar surface area (TPSA) is 77.5 Å². The lowest BCUT2D eigenvalue weighted by molar-refractivity contribution is -0.148. The van der Waals surface area contributed by atoms with E-state index in [-0.39, 0.29) is 29.8 Å². The predicted molar refractivity (Wildman–Crippen MR) is 118 cm³/mol. The maximum Gasteiger partial charge on any atom is 0.309 e. The number of nitrogens with one attached hydrogen (secondary N) is 1. The van der Waals surface area contributed by atoms with Crippen molar-refractivity contribution in [1.29, 1.82) is 0 Å². The van der Waals surface area contributed by atoms with E-state index in [4.69, 9.17) is 9.47 Å². The van der Waals surface area contributed by atoms with Crippen molar-refractivity contribution >= 4 is 28.3 Å². The third-order valence-corrected chi connectivity index (χ3v) is 6.14. The van der Waals surface area contributed by atoms with Gasteiger partial charge in [0.1, 0.15) is 5.75 Å². The number of fused-ring (bicyclic) bond motifs is 1. The van der Waals surface area contributed by atoms with Crippen molar-refractivity contribution < 1.29 is 19.1 Å². The third-order valence-electron chi connectivity index (χ3n) is 5.11. The Kier molecular flexibility index (Phi) is 6.81. The smallest absolute Gasteiger partial charge is 0.309 e. The number of esters is 1. The van der Waals surface area contributed by atoms with Crippen LogP contribution in [0.25, 0.3) is 0 Å². The molecule has 30 heavy (non-hydrogen) atoms. The van der Waals surface area contributed by atoms with Crippen molar-refractivity contribution in [2.75, 3.05) is 18.5 Å². The second-order valence-electron chi connectivity index (χ2n) is 8.67. The van der Waals surface area contributed by atoms with Gasteiger partial charge in [-0.1, -0.05) is 38.5 Å². The number of hydrogen-bond donors (Lipinski definition) is 1. The van der Waals surface area contributed by atoms with E-state index in [1.54, 1.807) is 0 Å². The van der Waals surface area contributed by atoms with Gasteiger partial charge < -0.3 is 9.47 Å². The zero-order valence-electron chi connectivity index (χ0n) is 18.3. The van der Waals surface area contributed by atoms with Gasteiger partial charge in [0.05, 0.1) is 18.2 Å². The number of rotatable bonds is 6. The maximum absolute atomic E-state index is 12.4. The molecule has 1 aromatic carbocycles. The molecule has 0 bridgehead atoms. The minimum absolute atomic E-state index is 0.0815. The average Bonchev–Trinajstić information content (AvgIpc) is 3.07. The molecular weight excluding hydrogens is 400 g/mol.